The number of halogens is 1. The van der Waals surface area contributed by atoms with Crippen LogP contribution in [0, 0.1) is 5.92 Å². The maximum absolute atomic E-state index is 5.99. The van der Waals surface area contributed by atoms with E-state index in [-0.39, 0.29) is 0 Å². The summed E-state index contributed by atoms with van der Waals surface area (Å²) < 4.78 is 0. The molecule has 0 spiro atoms. The third kappa shape index (κ3) is 2.90. The number of piperidine rings is 1. The Bertz CT molecular complexity index is 345. The molecule has 16 heavy (non-hydrogen) atoms. The molecule has 5 heteroatoms. The van der Waals surface area contributed by atoms with Crippen LogP contribution in [-0.2, 0) is 6.54 Å². The highest BCUT2D eigenvalue weighted by atomic mass is 35.5. The molecule has 1 atom stereocenters. The number of aromatic nitrogens is 2. The molecule has 0 bridgehead atoms. The molecule has 1 aliphatic heterocycles. The Morgan fingerprint density at radius 3 is 3.00 bits per heavy atom. The molecule has 4 nitrogen and oxygen atoms in total. The average molecular weight is 241 g/mol. The van der Waals surface area contributed by atoms with E-state index in [0.717, 1.165) is 31.9 Å². The summed E-state index contributed by atoms with van der Waals surface area (Å²) in [6.07, 6.45) is 5.75. The lowest BCUT2D eigenvalue weighted by molar-refractivity contribution is 0.169. The van der Waals surface area contributed by atoms with Gasteiger partial charge in [0, 0.05) is 25.5 Å². The van der Waals surface area contributed by atoms with Gasteiger partial charge in [0.1, 0.15) is 0 Å². The van der Waals surface area contributed by atoms with E-state index in [4.69, 9.17) is 17.3 Å². The Kier molecular flexibility index (Phi) is 4.09. The molecule has 2 heterocycles. The van der Waals surface area contributed by atoms with Crippen molar-refractivity contribution in [2.45, 2.75) is 19.4 Å². The second-order valence-corrected chi connectivity index (χ2v) is 4.63. The number of rotatable bonds is 3. The van der Waals surface area contributed by atoms with Crippen LogP contribution in [0.2, 0.25) is 5.15 Å². The van der Waals surface area contributed by atoms with Gasteiger partial charge in [-0.25, -0.2) is 4.98 Å². The molecule has 1 fully saturated rings. The van der Waals surface area contributed by atoms with Crippen LogP contribution in [0.4, 0.5) is 0 Å². The van der Waals surface area contributed by atoms with Gasteiger partial charge in [0.15, 0.2) is 5.15 Å². The minimum atomic E-state index is 0.511. The van der Waals surface area contributed by atoms with Gasteiger partial charge >= 0.3 is 0 Å². The summed E-state index contributed by atoms with van der Waals surface area (Å²) >= 11 is 5.99. The topological polar surface area (TPSA) is 55.0 Å². The van der Waals surface area contributed by atoms with Crippen molar-refractivity contribution in [2.24, 2.45) is 11.7 Å². The minimum absolute atomic E-state index is 0.511. The Morgan fingerprint density at radius 2 is 2.25 bits per heavy atom. The highest BCUT2D eigenvalue weighted by Crippen LogP contribution is 2.18. The van der Waals surface area contributed by atoms with Crippen molar-refractivity contribution in [3.63, 3.8) is 0 Å². The molecule has 1 aliphatic rings. The molecule has 0 aromatic carbocycles. The summed E-state index contributed by atoms with van der Waals surface area (Å²) in [6.45, 7) is 3.70. The molecule has 0 aliphatic carbocycles. The van der Waals surface area contributed by atoms with Gasteiger partial charge in [0.25, 0.3) is 0 Å². The monoisotopic (exact) mass is 240 g/mol. The van der Waals surface area contributed by atoms with Gasteiger partial charge in [-0.15, -0.1) is 0 Å². The molecule has 2 N–H and O–H groups in total. The van der Waals surface area contributed by atoms with Gasteiger partial charge in [-0.2, -0.15) is 0 Å². The van der Waals surface area contributed by atoms with Gasteiger partial charge in [-0.3, -0.25) is 9.88 Å². The smallest absolute Gasteiger partial charge is 0.151 e. The fourth-order valence-corrected chi connectivity index (χ4v) is 2.32. The van der Waals surface area contributed by atoms with Crippen LogP contribution in [0.1, 0.15) is 18.5 Å². The van der Waals surface area contributed by atoms with Crippen LogP contribution in [-0.4, -0.2) is 34.5 Å². The number of hydrogen-bond donors (Lipinski definition) is 1. The maximum atomic E-state index is 5.99. The first-order valence-corrected chi connectivity index (χ1v) is 6.05. The van der Waals surface area contributed by atoms with Crippen LogP contribution >= 0.6 is 11.6 Å². The van der Waals surface area contributed by atoms with Crippen molar-refractivity contribution in [3.8, 4) is 0 Å². The summed E-state index contributed by atoms with van der Waals surface area (Å²) in [5, 5.41) is 0.511. The van der Waals surface area contributed by atoms with E-state index in [1.54, 1.807) is 12.4 Å². The molecule has 1 saturated heterocycles. The van der Waals surface area contributed by atoms with E-state index in [1.165, 1.54) is 12.8 Å². The Morgan fingerprint density at radius 1 is 1.44 bits per heavy atom. The molecule has 2 rings (SSSR count). The fraction of sp³-hybridized carbons (Fsp3) is 0.636. The van der Waals surface area contributed by atoms with Crippen LogP contribution in [0.5, 0.6) is 0 Å². The average Bonchev–Trinajstić information content (AvgIpc) is 2.32. The zero-order valence-corrected chi connectivity index (χ0v) is 10.0. The maximum Gasteiger partial charge on any atom is 0.151 e. The molecule has 0 radical (unpaired) electrons. The van der Waals surface area contributed by atoms with E-state index < -0.39 is 0 Å². The molecular weight excluding hydrogens is 224 g/mol. The summed E-state index contributed by atoms with van der Waals surface area (Å²) in [5.41, 5.74) is 6.57. The Balaban J connectivity index is 1.97. The van der Waals surface area contributed by atoms with Crippen molar-refractivity contribution in [2.75, 3.05) is 19.6 Å². The summed E-state index contributed by atoms with van der Waals surface area (Å²) in [5.74, 6) is 0.615. The number of nitrogens with two attached hydrogens (primary N) is 1. The molecule has 1 aromatic heterocycles. The molecule has 0 saturated carbocycles. The van der Waals surface area contributed by atoms with Crippen molar-refractivity contribution in [3.05, 3.63) is 23.2 Å². The Labute approximate surface area is 101 Å². The van der Waals surface area contributed by atoms with Gasteiger partial charge in [0.05, 0.1) is 5.69 Å². The second-order valence-electron chi connectivity index (χ2n) is 4.27. The minimum Gasteiger partial charge on any atom is -0.330 e. The third-order valence-corrected chi connectivity index (χ3v) is 3.35. The van der Waals surface area contributed by atoms with E-state index in [2.05, 4.69) is 14.9 Å². The first-order valence-electron chi connectivity index (χ1n) is 5.67. The first kappa shape index (κ1) is 11.8. The second kappa shape index (κ2) is 5.57. The SMILES string of the molecule is NCC1CCCN(Cc2nccnc2Cl)C1. The van der Waals surface area contributed by atoms with E-state index >= 15 is 0 Å². The van der Waals surface area contributed by atoms with Crippen LogP contribution < -0.4 is 5.73 Å². The normalized spacial score (nSPS) is 22.2. The van der Waals surface area contributed by atoms with Crippen molar-refractivity contribution >= 4 is 11.6 Å². The van der Waals surface area contributed by atoms with Crippen molar-refractivity contribution in [1.82, 2.24) is 14.9 Å². The first-order chi connectivity index (χ1) is 7.79. The lowest BCUT2D eigenvalue weighted by Crippen LogP contribution is -2.38. The highest BCUT2D eigenvalue weighted by Gasteiger charge is 2.19. The number of nitrogens with zero attached hydrogens (tertiary/aromatic N) is 3. The van der Waals surface area contributed by atoms with E-state index in [0.29, 0.717) is 11.1 Å². The molecule has 1 aromatic rings. The molecule has 0 amide bonds. The van der Waals surface area contributed by atoms with Gasteiger partial charge in [-0.1, -0.05) is 11.6 Å². The summed E-state index contributed by atoms with van der Waals surface area (Å²) in [4.78, 5) is 10.6. The number of likely N-dealkylation sites (tertiary alicyclic amines) is 1. The predicted octanol–water partition coefficient (Wildman–Crippen LogP) is 1.30. The van der Waals surface area contributed by atoms with Crippen LogP contribution in [0.15, 0.2) is 12.4 Å². The van der Waals surface area contributed by atoms with Crippen molar-refractivity contribution in [1.29, 1.82) is 0 Å². The van der Waals surface area contributed by atoms with Crippen LogP contribution in [0.25, 0.3) is 0 Å². The van der Waals surface area contributed by atoms with Gasteiger partial charge in [-0.05, 0) is 31.8 Å². The molecular formula is C11H17ClN4. The lowest BCUT2D eigenvalue weighted by Gasteiger charge is -2.31. The quantitative estimate of drug-likeness (QED) is 0.866. The fourth-order valence-electron chi connectivity index (χ4n) is 2.16. The third-order valence-electron chi connectivity index (χ3n) is 3.03. The number of hydrogen-bond acceptors (Lipinski definition) is 4. The highest BCUT2D eigenvalue weighted by molar-refractivity contribution is 6.29. The lowest BCUT2D eigenvalue weighted by atomic mass is 9.98. The zero-order valence-electron chi connectivity index (χ0n) is 9.27. The van der Waals surface area contributed by atoms with Gasteiger partial charge < -0.3 is 5.73 Å². The predicted molar refractivity (Wildman–Crippen MR) is 64.1 cm³/mol. The van der Waals surface area contributed by atoms with E-state index in [1.807, 2.05) is 0 Å². The largest absolute Gasteiger partial charge is 0.330 e. The Hall–Kier alpha value is -0.710. The summed E-state index contributed by atoms with van der Waals surface area (Å²) in [6, 6.07) is 0. The van der Waals surface area contributed by atoms with Crippen molar-refractivity contribution < 1.29 is 0 Å². The zero-order chi connectivity index (χ0) is 11.4. The molecule has 88 valence electrons. The summed E-state index contributed by atoms with van der Waals surface area (Å²) in [7, 11) is 0. The molecule has 1 unspecified atom stereocenters. The van der Waals surface area contributed by atoms with E-state index in [9.17, 15) is 0 Å². The van der Waals surface area contributed by atoms with Gasteiger partial charge in [0.2, 0.25) is 0 Å². The standard InChI is InChI=1S/C11H17ClN4/c12-11-10(14-3-4-15-11)8-16-5-1-2-9(6-13)7-16/h3-4,9H,1-2,5-8,13H2. The van der Waals surface area contributed by atoms with Crippen LogP contribution in [0.3, 0.4) is 0 Å².